The molecule has 80 valence electrons. The number of hydrogen-bond donors (Lipinski definition) is 2. The SMILES string of the molecule is CC#CCC(NN)c1cc(F)cc(F)c1. The number of rotatable bonds is 3. The molecule has 1 atom stereocenters. The predicted octanol–water partition coefficient (Wildman–Crippen LogP) is 1.88. The van der Waals surface area contributed by atoms with Gasteiger partial charge in [-0.1, -0.05) is 0 Å². The van der Waals surface area contributed by atoms with Crippen molar-refractivity contribution in [3.05, 3.63) is 35.4 Å². The molecule has 2 nitrogen and oxygen atoms in total. The summed E-state index contributed by atoms with van der Waals surface area (Å²) in [6.07, 6.45) is 0.413. The third-order valence-corrected chi connectivity index (χ3v) is 1.97. The molecule has 4 heteroatoms. The van der Waals surface area contributed by atoms with Crippen LogP contribution in [0.2, 0.25) is 0 Å². The maximum absolute atomic E-state index is 12.9. The first-order valence-electron chi connectivity index (χ1n) is 4.49. The fourth-order valence-electron chi connectivity index (χ4n) is 1.25. The second kappa shape index (κ2) is 5.44. The van der Waals surface area contributed by atoms with Crippen LogP contribution < -0.4 is 11.3 Å². The van der Waals surface area contributed by atoms with Crippen LogP contribution in [0.25, 0.3) is 0 Å². The summed E-state index contributed by atoms with van der Waals surface area (Å²) in [5, 5.41) is 0. The molecule has 1 aromatic rings. The minimum Gasteiger partial charge on any atom is -0.271 e. The van der Waals surface area contributed by atoms with Gasteiger partial charge in [0.05, 0.1) is 6.04 Å². The first-order chi connectivity index (χ1) is 7.17. The fourth-order valence-corrected chi connectivity index (χ4v) is 1.25. The summed E-state index contributed by atoms with van der Waals surface area (Å²) >= 11 is 0. The van der Waals surface area contributed by atoms with Crippen LogP contribution in [0.4, 0.5) is 8.78 Å². The van der Waals surface area contributed by atoms with E-state index in [-0.39, 0.29) is 6.04 Å². The van der Waals surface area contributed by atoms with Crippen molar-refractivity contribution >= 4 is 0 Å². The third kappa shape index (κ3) is 3.31. The van der Waals surface area contributed by atoms with E-state index in [0.717, 1.165) is 6.07 Å². The van der Waals surface area contributed by atoms with Crippen molar-refractivity contribution in [2.75, 3.05) is 0 Å². The summed E-state index contributed by atoms with van der Waals surface area (Å²) in [4.78, 5) is 0. The molecule has 0 saturated carbocycles. The minimum absolute atomic E-state index is 0.359. The lowest BCUT2D eigenvalue weighted by molar-refractivity contribution is 0.540. The van der Waals surface area contributed by atoms with E-state index in [1.165, 1.54) is 12.1 Å². The Labute approximate surface area is 87.4 Å². The predicted molar refractivity (Wildman–Crippen MR) is 54.5 cm³/mol. The Morgan fingerprint density at radius 1 is 1.33 bits per heavy atom. The second-order valence-electron chi connectivity index (χ2n) is 3.05. The zero-order valence-corrected chi connectivity index (χ0v) is 8.35. The van der Waals surface area contributed by atoms with E-state index in [4.69, 9.17) is 5.84 Å². The molecular weight excluding hydrogens is 198 g/mol. The molecule has 0 aliphatic rings. The lowest BCUT2D eigenvalue weighted by Gasteiger charge is -2.13. The van der Waals surface area contributed by atoms with E-state index in [9.17, 15) is 8.78 Å². The first-order valence-corrected chi connectivity index (χ1v) is 4.49. The molecule has 0 aromatic heterocycles. The topological polar surface area (TPSA) is 38.0 Å². The Morgan fingerprint density at radius 3 is 2.40 bits per heavy atom. The van der Waals surface area contributed by atoms with Gasteiger partial charge in [0.2, 0.25) is 0 Å². The Morgan fingerprint density at radius 2 is 1.93 bits per heavy atom. The standard InChI is InChI=1S/C11H12F2N2/c1-2-3-4-11(15-14)8-5-9(12)7-10(13)6-8/h5-7,11,15H,4,14H2,1H3. The normalized spacial score (nSPS) is 11.7. The Kier molecular flexibility index (Phi) is 4.22. The van der Waals surface area contributed by atoms with Crippen molar-refractivity contribution in [3.63, 3.8) is 0 Å². The van der Waals surface area contributed by atoms with E-state index in [1.54, 1.807) is 6.92 Å². The smallest absolute Gasteiger partial charge is 0.126 e. The quantitative estimate of drug-likeness (QED) is 0.454. The van der Waals surface area contributed by atoms with E-state index < -0.39 is 11.6 Å². The van der Waals surface area contributed by atoms with Gasteiger partial charge < -0.3 is 0 Å². The van der Waals surface area contributed by atoms with Gasteiger partial charge in [0.25, 0.3) is 0 Å². The molecule has 0 amide bonds. The highest BCUT2D eigenvalue weighted by Gasteiger charge is 2.10. The molecule has 1 aromatic carbocycles. The molecule has 0 fully saturated rings. The molecule has 1 unspecified atom stereocenters. The first kappa shape index (κ1) is 11.6. The highest BCUT2D eigenvalue weighted by Crippen LogP contribution is 2.18. The van der Waals surface area contributed by atoms with Crippen LogP contribution in [-0.4, -0.2) is 0 Å². The number of nitrogens with two attached hydrogens (primary N) is 1. The molecule has 0 saturated heterocycles. The Hall–Kier alpha value is -1.44. The zero-order chi connectivity index (χ0) is 11.3. The van der Waals surface area contributed by atoms with E-state index in [0.29, 0.717) is 12.0 Å². The van der Waals surface area contributed by atoms with Gasteiger partial charge in [0, 0.05) is 12.5 Å². The van der Waals surface area contributed by atoms with Gasteiger partial charge in [-0.25, -0.2) is 8.78 Å². The maximum atomic E-state index is 12.9. The molecule has 0 aliphatic heterocycles. The van der Waals surface area contributed by atoms with E-state index in [2.05, 4.69) is 17.3 Å². The average Bonchev–Trinajstić information content (AvgIpc) is 2.17. The van der Waals surface area contributed by atoms with Gasteiger partial charge in [-0.3, -0.25) is 11.3 Å². The highest BCUT2D eigenvalue weighted by molar-refractivity contribution is 5.22. The van der Waals surface area contributed by atoms with E-state index >= 15 is 0 Å². The molecule has 0 aliphatic carbocycles. The van der Waals surface area contributed by atoms with Crippen LogP contribution in [0, 0.1) is 23.5 Å². The van der Waals surface area contributed by atoms with E-state index in [1.807, 2.05) is 0 Å². The summed E-state index contributed by atoms with van der Waals surface area (Å²) in [5.41, 5.74) is 2.93. The largest absolute Gasteiger partial charge is 0.271 e. The van der Waals surface area contributed by atoms with Gasteiger partial charge in [-0.05, 0) is 24.6 Å². The van der Waals surface area contributed by atoms with Crippen molar-refractivity contribution in [1.82, 2.24) is 5.43 Å². The molecule has 0 radical (unpaired) electrons. The average molecular weight is 210 g/mol. The molecule has 3 N–H and O–H groups in total. The molecular formula is C11H12F2N2. The summed E-state index contributed by atoms with van der Waals surface area (Å²) in [6.45, 7) is 1.69. The van der Waals surface area contributed by atoms with Crippen LogP contribution in [0.1, 0.15) is 24.9 Å². The molecule has 0 spiro atoms. The van der Waals surface area contributed by atoms with Crippen molar-refractivity contribution in [2.45, 2.75) is 19.4 Å². The molecule has 1 rings (SSSR count). The number of benzene rings is 1. The minimum atomic E-state index is -0.616. The highest BCUT2D eigenvalue weighted by atomic mass is 19.1. The monoisotopic (exact) mass is 210 g/mol. The number of hydrogen-bond acceptors (Lipinski definition) is 2. The second-order valence-corrected chi connectivity index (χ2v) is 3.05. The lowest BCUT2D eigenvalue weighted by Crippen LogP contribution is -2.27. The van der Waals surface area contributed by atoms with Crippen LogP contribution in [0.3, 0.4) is 0 Å². The van der Waals surface area contributed by atoms with Crippen LogP contribution >= 0.6 is 0 Å². The van der Waals surface area contributed by atoms with Gasteiger partial charge in [-0.15, -0.1) is 11.8 Å². The Bertz CT molecular complexity index is 373. The van der Waals surface area contributed by atoms with Crippen LogP contribution in [-0.2, 0) is 0 Å². The van der Waals surface area contributed by atoms with Crippen molar-refractivity contribution < 1.29 is 8.78 Å². The summed E-state index contributed by atoms with van der Waals surface area (Å²) in [6, 6.07) is 2.95. The molecule has 15 heavy (non-hydrogen) atoms. The third-order valence-electron chi connectivity index (χ3n) is 1.97. The summed E-state index contributed by atoms with van der Waals surface area (Å²) < 4.78 is 25.8. The molecule has 0 heterocycles. The summed E-state index contributed by atoms with van der Waals surface area (Å²) in [7, 11) is 0. The van der Waals surface area contributed by atoms with Gasteiger partial charge >= 0.3 is 0 Å². The Balaban J connectivity index is 2.93. The van der Waals surface area contributed by atoms with Crippen LogP contribution in [0.15, 0.2) is 18.2 Å². The fraction of sp³-hybridized carbons (Fsp3) is 0.273. The number of halogens is 2. The van der Waals surface area contributed by atoms with Gasteiger partial charge in [-0.2, -0.15) is 0 Å². The maximum Gasteiger partial charge on any atom is 0.126 e. The number of nitrogens with one attached hydrogen (secondary N) is 1. The van der Waals surface area contributed by atoms with Crippen molar-refractivity contribution in [1.29, 1.82) is 0 Å². The van der Waals surface area contributed by atoms with Gasteiger partial charge in [0.1, 0.15) is 11.6 Å². The van der Waals surface area contributed by atoms with Crippen LogP contribution in [0.5, 0.6) is 0 Å². The van der Waals surface area contributed by atoms with Gasteiger partial charge in [0.15, 0.2) is 0 Å². The zero-order valence-electron chi connectivity index (χ0n) is 8.35. The lowest BCUT2D eigenvalue weighted by atomic mass is 10.0. The summed E-state index contributed by atoms with van der Waals surface area (Å²) in [5.74, 6) is 9.55. The number of hydrazine groups is 1. The molecule has 0 bridgehead atoms. The van der Waals surface area contributed by atoms with Crippen molar-refractivity contribution in [2.24, 2.45) is 5.84 Å². The van der Waals surface area contributed by atoms with Crippen molar-refractivity contribution in [3.8, 4) is 11.8 Å².